The lowest BCUT2D eigenvalue weighted by molar-refractivity contribution is -0.120. The molecule has 1 aromatic carbocycles. The molecular formula is C14H17BrFNO2. The molecule has 0 saturated carbocycles. The van der Waals surface area contributed by atoms with Gasteiger partial charge in [-0.2, -0.15) is 0 Å². The first-order valence-corrected chi connectivity index (χ1v) is 7.35. The molecule has 5 heteroatoms. The van der Waals surface area contributed by atoms with E-state index in [2.05, 4.69) is 21.2 Å². The van der Waals surface area contributed by atoms with Crippen molar-refractivity contribution >= 4 is 21.8 Å². The van der Waals surface area contributed by atoms with Crippen LogP contribution in [0.25, 0.3) is 0 Å². The van der Waals surface area contributed by atoms with Crippen molar-refractivity contribution in [1.82, 2.24) is 5.32 Å². The van der Waals surface area contributed by atoms with E-state index in [-0.39, 0.29) is 17.8 Å². The normalized spacial score (nSPS) is 20.2. The highest BCUT2D eigenvalue weighted by Gasteiger charge is 2.20. The molecule has 0 radical (unpaired) electrons. The number of benzene rings is 1. The molecule has 1 aromatic rings. The van der Waals surface area contributed by atoms with Gasteiger partial charge in [0.2, 0.25) is 5.91 Å². The van der Waals surface area contributed by atoms with Crippen molar-refractivity contribution in [2.45, 2.75) is 30.2 Å². The number of hydrogen-bond donors (Lipinski definition) is 1. The van der Waals surface area contributed by atoms with Crippen molar-refractivity contribution in [3.05, 3.63) is 35.6 Å². The number of nitrogens with one attached hydrogen (secondary N) is 1. The fourth-order valence-corrected chi connectivity index (χ4v) is 2.59. The molecule has 1 heterocycles. The fourth-order valence-electron chi connectivity index (χ4n) is 2.08. The van der Waals surface area contributed by atoms with E-state index in [1.165, 1.54) is 6.07 Å². The molecule has 2 atom stereocenters. The van der Waals surface area contributed by atoms with Crippen molar-refractivity contribution in [2.75, 3.05) is 13.2 Å². The summed E-state index contributed by atoms with van der Waals surface area (Å²) < 4.78 is 18.9. The highest BCUT2D eigenvalue weighted by atomic mass is 79.9. The average Bonchev–Trinajstić information content (AvgIpc) is 2.91. The van der Waals surface area contributed by atoms with Gasteiger partial charge in [0.25, 0.3) is 0 Å². The molecule has 1 N–H and O–H groups in total. The van der Waals surface area contributed by atoms with E-state index < -0.39 is 4.83 Å². The number of carbonyl (C=O) groups excluding carboxylic acids is 1. The van der Waals surface area contributed by atoms with Gasteiger partial charge in [0, 0.05) is 13.2 Å². The Bertz CT molecular complexity index is 435. The predicted octanol–water partition coefficient (Wildman–Crippen LogP) is 2.43. The molecule has 1 aliphatic rings. The van der Waals surface area contributed by atoms with Gasteiger partial charge in [-0.05, 0) is 30.9 Å². The molecule has 0 aliphatic carbocycles. The first kappa shape index (κ1) is 14.5. The summed E-state index contributed by atoms with van der Waals surface area (Å²) in [6, 6.07) is 6.50. The lowest BCUT2D eigenvalue weighted by Crippen LogP contribution is -2.37. The lowest BCUT2D eigenvalue weighted by atomic mass is 10.1. The maximum absolute atomic E-state index is 13.5. The van der Waals surface area contributed by atoms with Crippen LogP contribution < -0.4 is 5.32 Å². The number of carbonyl (C=O) groups is 1. The number of halogens is 2. The smallest absolute Gasteiger partial charge is 0.234 e. The summed E-state index contributed by atoms with van der Waals surface area (Å²) in [5.74, 6) is -0.405. The van der Waals surface area contributed by atoms with Crippen molar-refractivity contribution in [3.63, 3.8) is 0 Å². The maximum Gasteiger partial charge on any atom is 0.234 e. The Labute approximate surface area is 120 Å². The lowest BCUT2D eigenvalue weighted by Gasteiger charge is -2.14. The van der Waals surface area contributed by atoms with E-state index in [0.717, 1.165) is 19.4 Å². The zero-order valence-electron chi connectivity index (χ0n) is 10.6. The summed E-state index contributed by atoms with van der Waals surface area (Å²) in [7, 11) is 0. The second kappa shape index (κ2) is 7.01. The van der Waals surface area contributed by atoms with E-state index in [0.29, 0.717) is 18.5 Å². The Balaban J connectivity index is 1.80. The number of hydrogen-bond acceptors (Lipinski definition) is 2. The molecule has 0 bridgehead atoms. The topological polar surface area (TPSA) is 38.3 Å². The van der Waals surface area contributed by atoms with E-state index in [4.69, 9.17) is 4.74 Å². The molecule has 1 fully saturated rings. The third-order valence-corrected chi connectivity index (χ3v) is 3.91. The Morgan fingerprint density at radius 3 is 3.00 bits per heavy atom. The molecule has 1 aliphatic heterocycles. The third kappa shape index (κ3) is 4.28. The third-order valence-electron chi connectivity index (χ3n) is 3.17. The number of alkyl halides is 1. The van der Waals surface area contributed by atoms with Crippen molar-refractivity contribution in [2.24, 2.45) is 0 Å². The average molecular weight is 330 g/mol. The van der Waals surface area contributed by atoms with Crippen LogP contribution in [0.4, 0.5) is 4.39 Å². The van der Waals surface area contributed by atoms with Crippen LogP contribution in [0.2, 0.25) is 0 Å². The summed E-state index contributed by atoms with van der Waals surface area (Å²) in [5, 5.41) is 2.83. The molecule has 2 unspecified atom stereocenters. The van der Waals surface area contributed by atoms with Crippen LogP contribution in [-0.4, -0.2) is 30.0 Å². The molecule has 3 nitrogen and oxygen atoms in total. The second-order valence-corrected chi connectivity index (χ2v) is 5.75. The molecule has 1 amide bonds. The van der Waals surface area contributed by atoms with E-state index in [9.17, 15) is 9.18 Å². The van der Waals surface area contributed by atoms with Gasteiger partial charge in [-0.25, -0.2) is 4.39 Å². The second-order valence-electron chi connectivity index (χ2n) is 4.64. The summed E-state index contributed by atoms with van der Waals surface area (Å²) in [5.41, 5.74) is 0.539. The Kier molecular flexibility index (Phi) is 5.34. The van der Waals surface area contributed by atoms with Gasteiger partial charge >= 0.3 is 0 Å². The highest BCUT2D eigenvalue weighted by molar-refractivity contribution is 9.10. The van der Waals surface area contributed by atoms with Crippen molar-refractivity contribution in [3.8, 4) is 0 Å². The Morgan fingerprint density at radius 2 is 2.32 bits per heavy atom. The van der Waals surface area contributed by atoms with Gasteiger partial charge in [-0.1, -0.05) is 34.1 Å². The highest BCUT2D eigenvalue weighted by Crippen LogP contribution is 2.14. The van der Waals surface area contributed by atoms with Crippen LogP contribution in [-0.2, 0) is 16.0 Å². The van der Waals surface area contributed by atoms with Crippen LogP contribution in [0.5, 0.6) is 0 Å². The van der Waals surface area contributed by atoms with Crippen LogP contribution in [0.1, 0.15) is 18.4 Å². The van der Waals surface area contributed by atoms with Gasteiger partial charge < -0.3 is 10.1 Å². The Morgan fingerprint density at radius 1 is 1.53 bits per heavy atom. The molecule has 104 valence electrons. The first-order valence-electron chi connectivity index (χ1n) is 6.43. The largest absolute Gasteiger partial charge is 0.376 e. The monoisotopic (exact) mass is 329 g/mol. The van der Waals surface area contributed by atoms with Crippen molar-refractivity contribution < 1.29 is 13.9 Å². The zero-order valence-corrected chi connectivity index (χ0v) is 12.2. The van der Waals surface area contributed by atoms with Gasteiger partial charge in [-0.3, -0.25) is 4.79 Å². The van der Waals surface area contributed by atoms with E-state index in [1.807, 2.05) is 0 Å². The summed E-state index contributed by atoms with van der Waals surface area (Å²) in [4.78, 5) is 11.5. The fraction of sp³-hybridized carbons (Fsp3) is 0.500. The Hall–Kier alpha value is -0.940. The summed E-state index contributed by atoms with van der Waals surface area (Å²) in [6.07, 6.45) is 2.50. The standard InChI is InChI=1S/C14H17BrFNO2/c15-12(8-10-4-1-2-6-13(10)16)14(18)17-9-11-5-3-7-19-11/h1-2,4,6,11-12H,3,5,7-9H2,(H,17,18). The minimum atomic E-state index is -0.425. The predicted molar refractivity (Wildman–Crippen MR) is 74.8 cm³/mol. The quantitative estimate of drug-likeness (QED) is 0.842. The van der Waals surface area contributed by atoms with Gasteiger partial charge in [0.15, 0.2) is 0 Å². The van der Waals surface area contributed by atoms with Crippen molar-refractivity contribution in [1.29, 1.82) is 0 Å². The van der Waals surface area contributed by atoms with Crippen LogP contribution in [0.3, 0.4) is 0 Å². The SMILES string of the molecule is O=C(NCC1CCCO1)C(Br)Cc1ccccc1F. The molecular weight excluding hydrogens is 313 g/mol. The molecule has 19 heavy (non-hydrogen) atoms. The van der Waals surface area contributed by atoms with E-state index in [1.54, 1.807) is 18.2 Å². The summed E-state index contributed by atoms with van der Waals surface area (Å²) >= 11 is 3.30. The number of rotatable bonds is 5. The van der Waals surface area contributed by atoms with Gasteiger partial charge in [0.05, 0.1) is 10.9 Å². The maximum atomic E-state index is 13.5. The van der Waals surface area contributed by atoms with E-state index >= 15 is 0 Å². The van der Waals surface area contributed by atoms with Crippen LogP contribution in [0, 0.1) is 5.82 Å². The van der Waals surface area contributed by atoms with Gasteiger partial charge in [0.1, 0.15) is 5.82 Å². The number of ether oxygens (including phenoxy) is 1. The summed E-state index contributed by atoms with van der Waals surface area (Å²) in [6.45, 7) is 1.30. The van der Waals surface area contributed by atoms with Gasteiger partial charge in [-0.15, -0.1) is 0 Å². The molecule has 0 aromatic heterocycles. The number of amides is 1. The molecule has 1 saturated heterocycles. The van der Waals surface area contributed by atoms with Crippen LogP contribution in [0.15, 0.2) is 24.3 Å². The van der Waals surface area contributed by atoms with Crippen LogP contribution >= 0.6 is 15.9 Å². The molecule has 2 rings (SSSR count). The minimum Gasteiger partial charge on any atom is -0.376 e. The minimum absolute atomic E-state index is 0.122. The molecule has 0 spiro atoms. The first-order chi connectivity index (χ1) is 9.16. The zero-order chi connectivity index (χ0) is 13.7.